The molecule has 2 aromatic heterocycles. The fraction of sp³-hybridized carbons (Fsp3) is 0.550. The van der Waals surface area contributed by atoms with E-state index in [0.717, 1.165) is 31.1 Å². The molecule has 0 saturated carbocycles. The van der Waals surface area contributed by atoms with E-state index in [4.69, 9.17) is 9.26 Å². The van der Waals surface area contributed by atoms with Crippen LogP contribution in [-0.4, -0.2) is 53.2 Å². The summed E-state index contributed by atoms with van der Waals surface area (Å²) in [5.74, 6) is 2.38. The van der Waals surface area contributed by atoms with E-state index in [0.29, 0.717) is 36.5 Å². The molecule has 0 radical (unpaired) electrons. The third-order valence-corrected chi connectivity index (χ3v) is 5.35. The predicted molar refractivity (Wildman–Crippen MR) is 101 cm³/mol. The number of aryl methyl sites for hydroxylation is 2. The van der Waals surface area contributed by atoms with Gasteiger partial charge in [-0.05, 0) is 31.9 Å². The van der Waals surface area contributed by atoms with Crippen LogP contribution in [0.5, 0.6) is 5.75 Å². The molecule has 0 aliphatic carbocycles. The molecule has 0 unspecified atom stereocenters. The van der Waals surface area contributed by atoms with Crippen molar-refractivity contribution in [2.75, 3.05) is 31.1 Å². The summed E-state index contributed by atoms with van der Waals surface area (Å²) in [6.07, 6.45) is 5.64. The quantitative estimate of drug-likeness (QED) is 0.806. The van der Waals surface area contributed by atoms with E-state index < -0.39 is 0 Å². The second kappa shape index (κ2) is 7.58. The molecule has 2 aliphatic heterocycles. The van der Waals surface area contributed by atoms with Gasteiger partial charge in [0, 0.05) is 38.7 Å². The number of hydrogen-bond acceptors (Lipinski definition) is 6. The van der Waals surface area contributed by atoms with Crippen LogP contribution in [0.1, 0.15) is 48.0 Å². The summed E-state index contributed by atoms with van der Waals surface area (Å²) in [5.41, 5.74) is 1.27. The van der Waals surface area contributed by atoms with E-state index in [2.05, 4.69) is 15.0 Å². The number of nitrogens with zero attached hydrogens (tertiary/aromatic N) is 4. The first-order chi connectivity index (χ1) is 13.2. The average Bonchev–Trinajstić information content (AvgIpc) is 3.42. The topological polar surface area (TPSA) is 71.7 Å². The lowest BCUT2D eigenvalue weighted by Crippen LogP contribution is -2.32. The number of anilines is 1. The largest absolute Gasteiger partial charge is 0.485 e. The van der Waals surface area contributed by atoms with Crippen LogP contribution in [-0.2, 0) is 6.42 Å². The zero-order valence-electron chi connectivity index (χ0n) is 16.0. The van der Waals surface area contributed by atoms with Gasteiger partial charge >= 0.3 is 0 Å². The maximum atomic E-state index is 12.9. The first-order valence-electron chi connectivity index (χ1n) is 9.78. The van der Waals surface area contributed by atoms with Gasteiger partial charge in [0.05, 0.1) is 12.2 Å². The van der Waals surface area contributed by atoms with Crippen LogP contribution in [0.2, 0.25) is 0 Å². The molecule has 144 valence electrons. The molecule has 2 aromatic rings. The molecule has 7 heteroatoms. The second-order valence-corrected chi connectivity index (χ2v) is 7.22. The number of amides is 1. The van der Waals surface area contributed by atoms with Crippen molar-refractivity contribution in [1.82, 2.24) is 15.0 Å². The SMILES string of the molecule is CCc1onc(C)c1C(=O)N1CC[C@@H](Oc2cccnc2N2CCCC2)C1. The van der Waals surface area contributed by atoms with E-state index in [1.807, 2.05) is 37.1 Å². The van der Waals surface area contributed by atoms with Crippen molar-refractivity contribution in [1.29, 1.82) is 0 Å². The number of ether oxygens (including phenoxy) is 1. The summed E-state index contributed by atoms with van der Waals surface area (Å²) >= 11 is 0. The molecule has 7 nitrogen and oxygen atoms in total. The van der Waals surface area contributed by atoms with Crippen LogP contribution in [0, 0.1) is 6.92 Å². The Morgan fingerprint density at radius 2 is 2.15 bits per heavy atom. The van der Waals surface area contributed by atoms with Crippen molar-refractivity contribution in [3.05, 3.63) is 35.3 Å². The first kappa shape index (κ1) is 17.8. The van der Waals surface area contributed by atoms with Gasteiger partial charge in [0.1, 0.15) is 17.4 Å². The predicted octanol–water partition coefficient (Wildman–Crippen LogP) is 2.83. The number of hydrogen-bond donors (Lipinski definition) is 0. The van der Waals surface area contributed by atoms with Gasteiger partial charge in [-0.2, -0.15) is 0 Å². The lowest BCUT2D eigenvalue weighted by atomic mass is 10.1. The van der Waals surface area contributed by atoms with Gasteiger partial charge in [-0.1, -0.05) is 12.1 Å². The summed E-state index contributed by atoms with van der Waals surface area (Å²) in [5, 5.41) is 3.95. The summed E-state index contributed by atoms with van der Waals surface area (Å²) in [6, 6.07) is 3.88. The number of likely N-dealkylation sites (tertiary alicyclic amines) is 1. The maximum absolute atomic E-state index is 12.9. The number of carbonyl (C=O) groups is 1. The highest BCUT2D eigenvalue weighted by molar-refractivity contribution is 5.96. The molecule has 0 N–H and O–H groups in total. The van der Waals surface area contributed by atoms with Gasteiger partial charge in [-0.15, -0.1) is 0 Å². The fourth-order valence-corrected chi connectivity index (χ4v) is 3.92. The maximum Gasteiger partial charge on any atom is 0.259 e. The van der Waals surface area contributed by atoms with Crippen molar-refractivity contribution in [2.45, 2.75) is 45.6 Å². The Bertz CT molecular complexity index is 813. The molecule has 4 heterocycles. The van der Waals surface area contributed by atoms with Gasteiger partial charge in [-0.25, -0.2) is 4.98 Å². The molecule has 2 saturated heterocycles. The minimum atomic E-state index is -0.0234. The van der Waals surface area contributed by atoms with Crippen LogP contribution in [0.25, 0.3) is 0 Å². The third-order valence-electron chi connectivity index (χ3n) is 5.35. The van der Waals surface area contributed by atoms with E-state index in [1.54, 1.807) is 0 Å². The molecule has 1 amide bonds. The lowest BCUT2D eigenvalue weighted by Gasteiger charge is -2.22. The third kappa shape index (κ3) is 3.50. The van der Waals surface area contributed by atoms with Crippen LogP contribution >= 0.6 is 0 Å². The highest BCUT2D eigenvalue weighted by Crippen LogP contribution is 2.30. The molecule has 2 fully saturated rings. The summed E-state index contributed by atoms with van der Waals surface area (Å²) < 4.78 is 11.5. The number of aromatic nitrogens is 2. The first-order valence-corrected chi connectivity index (χ1v) is 9.78. The Hall–Kier alpha value is -2.57. The normalized spacial score (nSPS) is 19.7. The highest BCUT2D eigenvalue weighted by Gasteiger charge is 2.32. The van der Waals surface area contributed by atoms with E-state index in [-0.39, 0.29) is 12.0 Å². The Morgan fingerprint density at radius 3 is 2.93 bits per heavy atom. The van der Waals surface area contributed by atoms with Gasteiger partial charge in [0.25, 0.3) is 5.91 Å². The molecule has 4 rings (SSSR count). The molecular formula is C20H26N4O3. The molecular weight excluding hydrogens is 344 g/mol. The highest BCUT2D eigenvalue weighted by atomic mass is 16.5. The molecule has 2 aliphatic rings. The van der Waals surface area contributed by atoms with Crippen molar-refractivity contribution >= 4 is 11.7 Å². The summed E-state index contributed by atoms with van der Waals surface area (Å²) in [4.78, 5) is 21.6. The van der Waals surface area contributed by atoms with Crippen LogP contribution < -0.4 is 9.64 Å². The summed E-state index contributed by atoms with van der Waals surface area (Å²) in [6.45, 7) is 7.08. The van der Waals surface area contributed by atoms with Gasteiger partial charge in [0.2, 0.25) is 0 Å². The summed E-state index contributed by atoms with van der Waals surface area (Å²) in [7, 11) is 0. The van der Waals surface area contributed by atoms with Crippen molar-refractivity contribution in [2.24, 2.45) is 0 Å². The van der Waals surface area contributed by atoms with Crippen LogP contribution in [0.15, 0.2) is 22.9 Å². The van der Waals surface area contributed by atoms with Gasteiger partial charge in [0.15, 0.2) is 11.6 Å². The zero-order valence-corrected chi connectivity index (χ0v) is 16.0. The molecule has 0 aromatic carbocycles. The van der Waals surface area contributed by atoms with Gasteiger partial charge in [-0.3, -0.25) is 4.79 Å². The number of pyridine rings is 1. The monoisotopic (exact) mass is 370 g/mol. The molecule has 0 spiro atoms. The van der Waals surface area contributed by atoms with Gasteiger partial charge < -0.3 is 19.1 Å². The smallest absolute Gasteiger partial charge is 0.259 e. The second-order valence-electron chi connectivity index (χ2n) is 7.22. The lowest BCUT2D eigenvalue weighted by molar-refractivity contribution is 0.0769. The van der Waals surface area contributed by atoms with E-state index in [1.165, 1.54) is 12.8 Å². The van der Waals surface area contributed by atoms with Crippen molar-refractivity contribution in [3.63, 3.8) is 0 Å². The fourth-order valence-electron chi connectivity index (χ4n) is 3.92. The van der Waals surface area contributed by atoms with E-state index >= 15 is 0 Å². The minimum absolute atomic E-state index is 0.0114. The molecule has 27 heavy (non-hydrogen) atoms. The van der Waals surface area contributed by atoms with Crippen molar-refractivity contribution < 1.29 is 14.1 Å². The Kier molecular flexibility index (Phi) is 5.01. The molecule has 0 bridgehead atoms. The standard InChI is InChI=1S/C20H26N4O3/c1-3-16-18(14(2)22-27-16)20(25)24-12-8-15(13-24)26-17-7-6-9-21-19(17)23-10-4-5-11-23/h6-7,9,15H,3-5,8,10-13H2,1-2H3/t15-/m1/s1. The Morgan fingerprint density at radius 1 is 1.33 bits per heavy atom. The van der Waals surface area contributed by atoms with Crippen LogP contribution in [0.4, 0.5) is 5.82 Å². The number of carbonyl (C=O) groups excluding carboxylic acids is 1. The average molecular weight is 370 g/mol. The minimum Gasteiger partial charge on any atom is -0.485 e. The Labute approximate surface area is 159 Å². The van der Waals surface area contributed by atoms with Crippen LogP contribution in [0.3, 0.4) is 0 Å². The number of rotatable bonds is 5. The van der Waals surface area contributed by atoms with Crippen molar-refractivity contribution in [3.8, 4) is 5.75 Å². The Balaban J connectivity index is 1.45. The van der Waals surface area contributed by atoms with E-state index in [9.17, 15) is 4.79 Å². The molecule has 1 atom stereocenters. The zero-order chi connectivity index (χ0) is 18.8.